The van der Waals surface area contributed by atoms with Crippen LogP contribution in [0, 0.1) is 0 Å². The van der Waals surface area contributed by atoms with Crippen molar-refractivity contribution in [2.75, 3.05) is 6.61 Å². The molecule has 5 nitrogen and oxygen atoms in total. The lowest BCUT2D eigenvalue weighted by atomic mass is 10.2. The molecule has 0 aliphatic heterocycles. The summed E-state index contributed by atoms with van der Waals surface area (Å²) in [4.78, 5) is 26.7. The fourth-order valence-electron chi connectivity index (χ4n) is 0.897. The number of hydrogen-bond acceptors (Lipinski definition) is 4. The van der Waals surface area contributed by atoms with Crippen LogP contribution in [0.25, 0.3) is 0 Å². The van der Waals surface area contributed by atoms with Gasteiger partial charge in [-0.05, 0) is 19.8 Å². The Morgan fingerprint density at radius 2 is 2.00 bits per heavy atom. The summed E-state index contributed by atoms with van der Waals surface area (Å²) in [5.41, 5.74) is 2.38. The van der Waals surface area contributed by atoms with E-state index in [0.717, 1.165) is 19.3 Å². The molecule has 0 heterocycles. The van der Waals surface area contributed by atoms with Crippen LogP contribution < -0.4 is 5.48 Å². The Bertz CT molecular complexity index is 261. The van der Waals surface area contributed by atoms with Crippen LogP contribution in [-0.4, -0.2) is 18.7 Å². The van der Waals surface area contributed by atoms with Crippen molar-refractivity contribution in [1.82, 2.24) is 5.48 Å². The molecule has 0 atom stereocenters. The highest BCUT2D eigenvalue weighted by molar-refractivity contribution is 5.88. The van der Waals surface area contributed by atoms with Crippen molar-refractivity contribution in [2.45, 2.75) is 40.0 Å². The molecule has 0 aliphatic rings. The highest BCUT2D eigenvalue weighted by Crippen LogP contribution is 1.97. The van der Waals surface area contributed by atoms with E-state index in [1.165, 1.54) is 0 Å². The average molecular weight is 229 g/mol. The second-order valence-corrected chi connectivity index (χ2v) is 3.28. The van der Waals surface area contributed by atoms with Crippen molar-refractivity contribution in [3.63, 3.8) is 0 Å². The predicted molar refractivity (Wildman–Crippen MR) is 59.5 cm³/mol. The lowest BCUT2D eigenvalue weighted by Crippen LogP contribution is -2.28. The number of unbranched alkanes of at least 4 members (excludes halogenated alkanes) is 1. The van der Waals surface area contributed by atoms with Crippen molar-refractivity contribution in [3.8, 4) is 0 Å². The van der Waals surface area contributed by atoms with Crippen molar-refractivity contribution >= 4 is 12.1 Å². The highest BCUT2D eigenvalue weighted by Gasteiger charge is 2.08. The SMILES string of the molecule is CCC=C(C)C(=O)ONC(=O)OCCCC. The molecule has 0 saturated heterocycles. The summed E-state index contributed by atoms with van der Waals surface area (Å²) in [7, 11) is 0. The molecule has 1 amide bonds. The van der Waals surface area contributed by atoms with Crippen LogP contribution in [0.4, 0.5) is 4.79 Å². The van der Waals surface area contributed by atoms with Gasteiger partial charge in [-0.25, -0.2) is 9.59 Å². The molecule has 0 unspecified atom stereocenters. The third-order valence-corrected chi connectivity index (χ3v) is 1.79. The summed E-state index contributed by atoms with van der Waals surface area (Å²) in [5, 5.41) is 0. The number of rotatable bonds is 5. The van der Waals surface area contributed by atoms with Crippen LogP contribution in [0.15, 0.2) is 11.6 Å². The molecule has 0 bridgehead atoms. The summed E-state index contributed by atoms with van der Waals surface area (Å²) in [5.74, 6) is -0.575. The number of nitrogens with one attached hydrogen (secondary N) is 1. The standard InChI is InChI=1S/C11H19NO4/c1-4-6-8-15-11(14)12-16-10(13)9(3)7-5-2/h7H,4-6,8H2,1-3H3,(H,12,14). The van der Waals surface area contributed by atoms with Gasteiger partial charge in [-0.1, -0.05) is 26.3 Å². The van der Waals surface area contributed by atoms with Crippen molar-refractivity contribution in [2.24, 2.45) is 0 Å². The van der Waals surface area contributed by atoms with E-state index in [4.69, 9.17) is 4.74 Å². The van der Waals surface area contributed by atoms with Gasteiger partial charge in [-0.3, -0.25) is 0 Å². The molecule has 0 saturated carbocycles. The van der Waals surface area contributed by atoms with Gasteiger partial charge in [0, 0.05) is 5.57 Å². The topological polar surface area (TPSA) is 64.6 Å². The first-order valence-electron chi connectivity index (χ1n) is 5.42. The summed E-state index contributed by atoms with van der Waals surface area (Å²) in [6, 6.07) is 0. The summed E-state index contributed by atoms with van der Waals surface area (Å²) in [6.45, 7) is 5.84. The number of carbonyl (C=O) groups is 2. The van der Waals surface area contributed by atoms with E-state index in [9.17, 15) is 9.59 Å². The molecular formula is C11H19NO4. The maximum atomic E-state index is 11.2. The van der Waals surface area contributed by atoms with Gasteiger partial charge >= 0.3 is 12.1 Å². The van der Waals surface area contributed by atoms with E-state index < -0.39 is 12.1 Å². The lowest BCUT2D eigenvalue weighted by Gasteiger charge is -2.06. The average Bonchev–Trinajstić information content (AvgIpc) is 2.26. The molecule has 0 aromatic carbocycles. The predicted octanol–water partition coefficient (Wildman–Crippen LogP) is 2.33. The van der Waals surface area contributed by atoms with Crippen molar-refractivity contribution < 1.29 is 19.2 Å². The van der Waals surface area contributed by atoms with Crippen LogP contribution in [0.1, 0.15) is 40.0 Å². The summed E-state index contributed by atoms with van der Waals surface area (Å²) in [6.07, 6.45) is 3.43. The molecule has 0 aliphatic carbocycles. The second-order valence-electron chi connectivity index (χ2n) is 3.28. The zero-order valence-electron chi connectivity index (χ0n) is 10.0. The van der Waals surface area contributed by atoms with Gasteiger partial charge < -0.3 is 9.57 Å². The molecule has 0 rings (SSSR count). The minimum Gasteiger partial charge on any atom is -0.447 e. The zero-order chi connectivity index (χ0) is 12.4. The van der Waals surface area contributed by atoms with Crippen LogP contribution in [0.2, 0.25) is 0 Å². The third kappa shape index (κ3) is 6.86. The number of ether oxygens (including phenoxy) is 1. The molecule has 0 aromatic heterocycles. The Kier molecular flexibility index (Phi) is 7.93. The van der Waals surface area contributed by atoms with Crippen molar-refractivity contribution in [1.29, 1.82) is 0 Å². The van der Waals surface area contributed by atoms with Gasteiger partial charge in [0.05, 0.1) is 6.61 Å². The fourth-order valence-corrected chi connectivity index (χ4v) is 0.897. The van der Waals surface area contributed by atoms with Gasteiger partial charge in [0.2, 0.25) is 0 Å². The number of hydroxylamine groups is 1. The van der Waals surface area contributed by atoms with Gasteiger partial charge in [0.15, 0.2) is 0 Å². The third-order valence-electron chi connectivity index (χ3n) is 1.79. The van der Waals surface area contributed by atoms with E-state index in [2.05, 4.69) is 4.84 Å². The first-order valence-corrected chi connectivity index (χ1v) is 5.42. The quantitative estimate of drug-likeness (QED) is 0.446. The maximum Gasteiger partial charge on any atom is 0.440 e. The van der Waals surface area contributed by atoms with E-state index in [-0.39, 0.29) is 0 Å². The molecule has 1 N–H and O–H groups in total. The molecule has 0 fully saturated rings. The Morgan fingerprint density at radius 3 is 2.56 bits per heavy atom. The Hall–Kier alpha value is -1.52. The van der Waals surface area contributed by atoms with E-state index in [0.29, 0.717) is 12.2 Å². The van der Waals surface area contributed by atoms with Crippen LogP contribution in [-0.2, 0) is 14.4 Å². The first-order chi connectivity index (χ1) is 7.61. The lowest BCUT2D eigenvalue weighted by molar-refractivity contribution is -0.144. The number of amides is 1. The minimum atomic E-state index is -0.744. The number of allylic oxidation sites excluding steroid dienone is 1. The second kappa shape index (κ2) is 8.76. The monoisotopic (exact) mass is 229 g/mol. The van der Waals surface area contributed by atoms with Crippen molar-refractivity contribution in [3.05, 3.63) is 11.6 Å². The smallest absolute Gasteiger partial charge is 0.440 e. The Morgan fingerprint density at radius 1 is 1.31 bits per heavy atom. The van der Waals surface area contributed by atoms with E-state index in [1.807, 2.05) is 19.3 Å². The Labute approximate surface area is 95.8 Å². The van der Waals surface area contributed by atoms with Crippen LogP contribution in [0.3, 0.4) is 0 Å². The van der Waals surface area contributed by atoms with Crippen LogP contribution in [0.5, 0.6) is 0 Å². The largest absolute Gasteiger partial charge is 0.447 e. The molecular weight excluding hydrogens is 210 g/mol. The van der Waals surface area contributed by atoms with Gasteiger partial charge in [0.25, 0.3) is 0 Å². The normalized spacial score (nSPS) is 10.8. The molecule has 5 heteroatoms. The molecule has 0 radical (unpaired) electrons. The first kappa shape index (κ1) is 14.5. The number of carbonyl (C=O) groups excluding carboxylic acids is 2. The van der Waals surface area contributed by atoms with Crippen LogP contribution >= 0.6 is 0 Å². The fraction of sp³-hybridized carbons (Fsp3) is 0.636. The minimum absolute atomic E-state index is 0.323. The van der Waals surface area contributed by atoms with Gasteiger partial charge in [-0.2, -0.15) is 0 Å². The van der Waals surface area contributed by atoms with E-state index >= 15 is 0 Å². The zero-order valence-corrected chi connectivity index (χ0v) is 10.0. The molecule has 0 aromatic rings. The summed E-state index contributed by atoms with van der Waals surface area (Å²) < 4.78 is 4.73. The Balaban J connectivity index is 3.75. The van der Waals surface area contributed by atoms with Gasteiger partial charge in [0.1, 0.15) is 0 Å². The van der Waals surface area contributed by atoms with Gasteiger partial charge in [-0.15, -0.1) is 5.48 Å². The molecule has 92 valence electrons. The number of hydrogen-bond donors (Lipinski definition) is 1. The van der Waals surface area contributed by atoms with E-state index in [1.54, 1.807) is 13.0 Å². The summed E-state index contributed by atoms with van der Waals surface area (Å²) >= 11 is 0. The maximum absolute atomic E-state index is 11.2. The molecule has 16 heavy (non-hydrogen) atoms. The highest BCUT2D eigenvalue weighted by atomic mass is 16.7. The molecule has 0 spiro atoms.